The fraction of sp³-hybridized carbons (Fsp3) is 0.652. The van der Waals surface area contributed by atoms with Crippen molar-refractivity contribution in [3.63, 3.8) is 0 Å². The van der Waals surface area contributed by atoms with E-state index in [1.165, 1.54) is 12.1 Å². The average Bonchev–Trinajstić information content (AvgIpc) is 3.21. The predicted octanol–water partition coefficient (Wildman–Crippen LogP) is 3.35. The number of primary amides is 1. The molecule has 0 radical (unpaired) electrons. The van der Waals surface area contributed by atoms with E-state index in [0.29, 0.717) is 32.0 Å². The highest BCUT2D eigenvalue weighted by Gasteiger charge is 2.40. The molecule has 3 rings (SSSR count). The van der Waals surface area contributed by atoms with Gasteiger partial charge >= 0.3 is 6.18 Å². The third-order valence-electron chi connectivity index (χ3n) is 6.76. The van der Waals surface area contributed by atoms with Crippen LogP contribution >= 0.6 is 0 Å². The molecule has 1 aromatic rings. The van der Waals surface area contributed by atoms with Gasteiger partial charge in [0.1, 0.15) is 11.9 Å². The van der Waals surface area contributed by atoms with Crippen LogP contribution in [0.1, 0.15) is 51.5 Å². The first-order chi connectivity index (χ1) is 15.0. The summed E-state index contributed by atoms with van der Waals surface area (Å²) in [6.07, 6.45) is -0.810. The first-order valence-corrected chi connectivity index (χ1v) is 11.1. The summed E-state index contributed by atoms with van der Waals surface area (Å²) in [5.74, 6) is 0.122. The highest BCUT2D eigenvalue weighted by Crippen LogP contribution is 2.33. The molecule has 3 N–H and O–H groups in total. The second-order valence-corrected chi connectivity index (χ2v) is 9.39. The summed E-state index contributed by atoms with van der Waals surface area (Å²) in [4.78, 5) is 26.2. The van der Waals surface area contributed by atoms with Crippen LogP contribution in [0.25, 0.3) is 0 Å². The molecule has 0 spiro atoms. The largest absolute Gasteiger partial charge is 0.489 e. The smallest absolute Gasteiger partial charge is 0.416 e. The fourth-order valence-electron chi connectivity index (χ4n) is 4.52. The molecule has 1 aliphatic heterocycles. The fourth-order valence-corrected chi connectivity index (χ4v) is 4.52. The Labute approximate surface area is 186 Å². The number of likely N-dealkylation sites (tertiary alicyclic amines) is 1. The van der Waals surface area contributed by atoms with Gasteiger partial charge in [-0.1, -0.05) is 6.07 Å². The molecule has 2 aliphatic rings. The van der Waals surface area contributed by atoms with Gasteiger partial charge in [0.05, 0.1) is 11.1 Å². The molecule has 1 aromatic carbocycles. The van der Waals surface area contributed by atoms with Gasteiger partial charge < -0.3 is 15.8 Å². The molecule has 1 atom stereocenters. The molecular weight excluding hydrogens is 423 g/mol. The summed E-state index contributed by atoms with van der Waals surface area (Å²) in [5, 5.41) is 3.04. The Morgan fingerprint density at radius 2 is 1.84 bits per heavy atom. The Morgan fingerprint density at radius 1 is 1.16 bits per heavy atom. The molecule has 0 aromatic heterocycles. The maximum Gasteiger partial charge on any atom is 0.416 e. The number of rotatable bonds is 7. The normalized spacial score (nSPS) is 24.8. The number of carbonyl (C=O) groups is 2. The SMILES string of the molecule is CC(C)(C(=O)NCC1CCC(C(N)=O)CC1)N1CCC(Oc2cccc(C(F)(F)F)c2)C1. The average molecular weight is 456 g/mol. The van der Waals surface area contributed by atoms with Crippen LogP contribution in [0.2, 0.25) is 0 Å². The number of nitrogens with zero attached hydrogens (tertiary/aromatic N) is 1. The van der Waals surface area contributed by atoms with Gasteiger partial charge in [-0.2, -0.15) is 13.2 Å². The standard InChI is InChI=1S/C23H32F3N3O3/c1-22(2,21(31)28-13-15-6-8-16(9-7-15)20(27)30)29-11-10-19(14-29)32-18-5-3-4-17(12-18)23(24,25)26/h3-5,12,15-16,19H,6-11,13-14H2,1-2H3,(H2,27,30)(H,28,31). The lowest BCUT2D eigenvalue weighted by molar-refractivity contribution is -0.137. The van der Waals surface area contributed by atoms with Crippen molar-refractivity contribution in [1.82, 2.24) is 10.2 Å². The zero-order valence-electron chi connectivity index (χ0n) is 18.6. The molecule has 6 nitrogen and oxygen atoms in total. The number of amides is 2. The van der Waals surface area contributed by atoms with Crippen molar-refractivity contribution >= 4 is 11.8 Å². The summed E-state index contributed by atoms with van der Waals surface area (Å²) in [5.41, 5.74) is 3.86. The molecule has 1 saturated carbocycles. The summed E-state index contributed by atoms with van der Waals surface area (Å²) in [6.45, 7) is 5.33. The van der Waals surface area contributed by atoms with Gasteiger partial charge in [-0.05, 0) is 70.1 Å². The predicted molar refractivity (Wildman–Crippen MR) is 114 cm³/mol. The number of halogens is 3. The van der Waals surface area contributed by atoms with E-state index in [9.17, 15) is 22.8 Å². The summed E-state index contributed by atoms with van der Waals surface area (Å²) >= 11 is 0. The van der Waals surface area contributed by atoms with Gasteiger partial charge in [0.2, 0.25) is 11.8 Å². The lowest BCUT2D eigenvalue weighted by Crippen LogP contribution is -2.55. The van der Waals surface area contributed by atoms with E-state index in [-0.39, 0.29) is 29.6 Å². The Morgan fingerprint density at radius 3 is 2.47 bits per heavy atom. The number of hydrogen-bond acceptors (Lipinski definition) is 4. The van der Waals surface area contributed by atoms with Crippen molar-refractivity contribution in [2.24, 2.45) is 17.6 Å². The quantitative estimate of drug-likeness (QED) is 0.661. The molecule has 32 heavy (non-hydrogen) atoms. The number of nitrogens with two attached hydrogens (primary N) is 1. The van der Waals surface area contributed by atoms with Crippen LogP contribution in [0.15, 0.2) is 24.3 Å². The molecule has 2 amide bonds. The zero-order chi connectivity index (χ0) is 23.5. The minimum absolute atomic E-state index is 0.0586. The van der Waals surface area contributed by atoms with Gasteiger partial charge in [0.25, 0.3) is 0 Å². The van der Waals surface area contributed by atoms with Crippen molar-refractivity contribution in [3.05, 3.63) is 29.8 Å². The van der Waals surface area contributed by atoms with Gasteiger partial charge in [0, 0.05) is 25.6 Å². The number of nitrogens with one attached hydrogen (secondary N) is 1. The highest BCUT2D eigenvalue weighted by molar-refractivity contribution is 5.85. The van der Waals surface area contributed by atoms with Crippen LogP contribution in [-0.2, 0) is 15.8 Å². The minimum atomic E-state index is -4.42. The molecule has 0 bridgehead atoms. The van der Waals surface area contributed by atoms with E-state index in [0.717, 1.165) is 37.8 Å². The van der Waals surface area contributed by atoms with E-state index < -0.39 is 17.3 Å². The minimum Gasteiger partial charge on any atom is -0.489 e. The van der Waals surface area contributed by atoms with Crippen LogP contribution in [0.3, 0.4) is 0 Å². The zero-order valence-corrected chi connectivity index (χ0v) is 18.6. The third kappa shape index (κ3) is 5.94. The van der Waals surface area contributed by atoms with Crippen LogP contribution in [0.5, 0.6) is 5.75 Å². The molecule has 2 fully saturated rings. The highest BCUT2D eigenvalue weighted by atomic mass is 19.4. The molecule has 1 heterocycles. The lowest BCUT2D eigenvalue weighted by Gasteiger charge is -2.35. The molecule has 1 unspecified atom stereocenters. The summed E-state index contributed by atoms with van der Waals surface area (Å²) in [6, 6.07) is 4.87. The van der Waals surface area contributed by atoms with E-state index in [4.69, 9.17) is 10.5 Å². The maximum absolute atomic E-state index is 12.9. The van der Waals surface area contributed by atoms with Crippen LogP contribution < -0.4 is 15.8 Å². The first-order valence-electron chi connectivity index (χ1n) is 11.1. The third-order valence-corrected chi connectivity index (χ3v) is 6.76. The summed E-state index contributed by atoms with van der Waals surface area (Å²) < 4.78 is 44.6. The van der Waals surface area contributed by atoms with Gasteiger partial charge in [-0.25, -0.2) is 0 Å². The van der Waals surface area contributed by atoms with E-state index >= 15 is 0 Å². The van der Waals surface area contributed by atoms with Gasteiger partial charge in [-0.15, -0.1) is 0 Å². The first kappa shape index (κ1) is 24.4. The van der Waals surface area contributed by atoms with Crippen LogP contribution in [0, 0.1) is 11.8 Å². The Kier molecular flexibility index (Phi) is 7.37. The summed E-state index contributed by atoms with van der Waals surface area (Å²) in [7, 11) is 0. The Hall–Kier alpha value is -2.29. The van der Waals surface area contributed by atoms with Crippen molar-refractivity contribution in [2.75, 3.05) is 19.6 Å². The second kappa shape index (κ2) is 9.68. The maximum atomic E-state index is 12.9. The molecule has 9 heteroatoms. The van der Waals surface area contributed by atoms with Crippen LogP contribution in [-0.4, -0.2) is 48.0 Å². The molecule has 178 valence electrons. The van der Waals surface area contributed by atoms with Crippen molar-refractivity contribution in [2.45, 2.75) is 63.8 Å². The molecular formula is C23H32F3N3O3. The molecule has 1 aliphatic carbocycles. The monoisotopic (exact) mass is 455 g/mol. The Balaban J connectivity index is 1.49. The van der Waals surface area contributed by atoms with E-state index in [1.807, 2.05) is 18.7 Å². The number of ether oxygens (including phenoxy) is 1. The van der Waals surface area contributed by atoms with Gasteiger partial charge in [0.15, 0.2) is 0 Å². The van der Waals surface area contributed by atoms with Gasteiger partial charge in [-0.3, -0.25) is 14.5 Å². The van der Waals surface area contributed by atoms with Crippen LogP contribution in [0.4, 0.5) is 13.2 Å². The Bertz CT molecular complexity index is 820. The lowest BCUT2D eigenvalue weighted by atomic mass is 9.81. The number of hydrogen-bond donors (Lipinski definition) is 2. The number of carbonyl (C=O) groups excluding carboxylic acids is 2. The van der Waals surface area contributed by atoms with Crippen molar-refractivity contribution in [1.29, 1.82) is 0 Å². The van der Waals surface area contributed by atoms with E-state index in [1.54, 1.807) is 0 Å². The van der Waals surface area contributed by atoms with Crippen molar-refractivity contribution < 1.29 is 27.5 Å². The van der Waals surface area contributed by atoms with Crippen molar-refractivity contribution in [3.8, 4) is 5.75 Å². The second-order valence-electron chi connectivity index (χ2n) is 9.39. The topological polar surface area (TPSA) is 84.7 Å². The number of alkyl halides is 3. The molecule has 1 saturated heterocycles. The van der Waals surface area contributed by atoms with E-state index in [2.05, 4.69) is 5.32 Å². The number of benzene rings is 1.